The number of phenols is 2. The normalized spacial score (nSPS) is 12.6. The molecule has 0 radical (unpaired) electrons. The van der Waals surface area contributed by atoms with Crippen LogP contribution in [0.2, 0.25) is 0 Å². The van der Waals surface area contributed by atoms with Crippen LogP contribution in [0.1, 0.15) is 17.8 Å². The third-order valence-electron chi connectivity index (χ3n) is 2.61. The number of phenolic OH excluding ortho intramolecular Hbond substituents is 2. The van der Waals surface area contributed by atoms with Crippen LogP contribution in [0.3, 0.4) is 0 Å². The predicted molar refractivity (Wildman–Crippen MR) is 68.4 cm³/mol. The minimum atomic E-state index is -0.124. The number of benzene rings is 1. The van der Waals surface area contributed by atoms with Crippen molar-refractivity contribution in [3.63, 3.8) is 0 Å². The van der Waals surface area contributed by atoms with Crippen LogP contribution < -0.4 is 5.32 Å². The molecule has 0 fully saturated rings. The van der Waals surface area contributed by atoms with E-state index in [-0.39, 0.29) is 17.5 Å². The van der Waals surface area contributed by atoms with E-state index in [1.54, 1.807) is 17.4 Å². The summed E-state index contributed by atoms with van der Waals surface area (Å²) in [6.07, 6.45) is 1.82. The van der Waals surface area contributed by atoms with E-state index >= 15 is 0 Å². The zero-order valence-electron chi connectivity index (χ0n) is 9.64. The van der Waals surface area contributed by atoms with Crippen molar-refractivity contribution in [3.8, 4) is 22.1 Å². The van der Waals surface area contributed by atoms with Gasteiger partial charge in [0.25, 0.3) is 0 Å². The number of rotatable bonds is 3. The number of nitrogens with zero attached hydrogens (tertiary/aromatic N) is 1. The number of hydrogen-bond donors (Lipinski definition) is 3. The predicted octanol–water partition coefficient (Wildman–Crippen LogP) is 2.50. The number of aromatic hydroxyl groups is 2. The molecule has 1 aromatic carbocycles. The third-order valence-corrected chi connectivity index (χ3v) is 3.83. The number of nitrogens with one attached hydrogen (secondary N) is 1. The van der Waals surface area contributed by atoms with E-state index in [9.17, 15) is 10.2 Å². The van der Waals surface area contributed by atoms with Gasteiger partial charge in [-0.3, -0.25) is 0 Å². The highest BCUT2D eigenvalue weighted by molar-refractivity contribution is 7.15. The van der Waals surface area contributed by atoms with Gasteiger partial charge in [-0.2, -0.15) is 0 Å². The van der Waals surface area contributed by atoms with Gasteiger partial charge >= 0.3 is 0 Å². The summed E-state index contributed by atoms with van der Waals surface area (Å²) in [6.45, 7) is 2.06. The molecule has 17 heavy (non-hydrogen) atoms. The zero-order valence-corrected chi connectivity index (χ0v) is 10.5. The fraction of sp³-hybridized carbons (Fsp3) is 0.250. The van der Waals surface area contributed by atoms with Crippen molar-refractivity contribution in [3.05, 3.63) is 29.3 Å². The second kappa shape index (κ2) is 4.73. The molecule has 1 atom stereocenters. The second-order valence-electron chi connectivity index (χ2n) is 3.78. The van der Waals surface area contributed by atoms with Crippen molar-refractivity contribution in [2.24, 2.45) is 0 Å². The van der Waals surface area contributed by atoms with Gasteiger partial charge in [0.05, 0.1) is 0 Å². The van der Waals surface area contributed by atoms with Crippen molar-refractivity contribution >= 4 is 11.3 Å². The van der Waals surface area contributed by atoms with Gasteiger partial charge in [0.2, 0.25) is 0 Å². The van der Waals surface area contributed by atoms with Crippen LogP contribution in [-0.4, -0.2) is 22.2 Å². The SMILES string of the molecule is CNC(C)c1cnc(-c2ccc(O)c(O)c2)s1. The lowest BCUT2D eigenvalue weighted by Crippen LogP contribution is -2.10. The molecule has 0 saturated carbocycles. The van der Waals surface area contributed by atoms with E-state index < -0.39 is 0 Å². The maximum Gasteiger partial charge on any atom is 0.158 e. The van der Waals surface area contributed by atoms with Crippen LogP contribution in [0, 0.1) is 0 Å². The molecule has 0 spiro atoms. The fourth-order valence-corrected chi connectivity index (χ4v) is 2.39. The molecule has 0 aliphatic rings. The van der Waals surface area contributed by atoms with Gasteiger partial charge in [0, 0.05) is 22.7 Å². The molecule has 3 N–H and O–H groups in total. The molecule has 2 aromatic rings. The Kier molecular flexibility index (Phi) is 3.31. The maximum absolute atomic E-state index is 9.44. The molecule has 1 unspecified atom stereocenters. The van der Waals surface area contributed by atoms with E-state index in [1.807, 2.05) is 13.2 Å². The molecule has 0 aliphatic heterocycles. The molecule has 4 nitrogen and oxygen atoms in total. The summed E-state index contributed by atoms with van der Waals surface area (Å²) in [5.74, 6) is -0.241. The Labute approximate surface area is 104 Å². The lowest BCUT2D eigenvalue weighted by Gasteiger charge is -2.05. The van der Waals surface area contributed by atoms with Gasteiger partial charge < -0.3 is 15.5 Å². The monoisotopic (exact) mass is 250 g/mol. The minimum absolute atomic E-state index is 0.117. The van der Waals surface area contributed by atoms with Crippen LogP contribution in [0.15, 0.2) is 24.4 Å². The first kappa shape index (κ1) is 11.9. The molecule has 5 heteroatoms. The largest absolute Gasteiger partial charge is 0.504 e. The minimum Gasteiger partial charge on any atom is -0.504 e. The Morgan fingerprint density at radius 3 is 2.71 bits per heavy atom. The summed E-state index contributed by atoms with van der Waals surface area (Å²) >= 11 is 1.57. The van der Waals surface area contributed by atoms with Gasteiger partial charge in [-0.05, 0) is 32.2 Å². The number of thiazole rings is 1. The Balaban J connectivity index is 2.33. The molecule has 1 heterocycles. The van der Waals surface area contributed by atoms with E-state index in [4.69, 9.17) is 0 Å². The summed E-state index contributed by atoms with van der Waals surface area (Å²) in [6, 6.07) is 4.98. The smallest absolute Gasteiger partial charge is 0.158 e. The maximum atomic E-state index is 9.44. The summed E-state index contributed by atoms with van der Waals surface area (Å²) in [5.41, 5.74) is 0.805. The van der Waals surface area contributed by atoms with Gasteiger partial charge in [-0.25, -0.2) is 4.98 Å². The Morgan fingerprint density at radius 2 is 2.06 bits per heavy atom. The van der Waals surface area contributed by atoms with Crippen molar-refractivity contribution in [2.45, 2.75) is 13.0 Å². The molecule has 0 saturated heterocycles. The summed E-state index contributed by atoms with van der Waals surface area (Å²) in [5, 5.41) is 22.7. The summed E-state index contributed by atoms with van der Waals surface area (Å²) in [7, 11) is 1.90. The van der Waals surface area contributed by atoms with Crippen molar-refractivity contribution < 1.29 is 10.2 Å². The molecular formula is C12H14N2O2S. The summed E-state index contributed by atoms with van der Waals surface area (Å²) < 4.78 is 0. The van der Waals surface area contributed by atoms with E-state index in [2.05, 4.69) is 17.2 Å². The number of hydrogen-bond acceptors (Lipinski definition) is 5. The first-order chi connectivity index (χ1) is 8.11. The van der Waals surface area contributed by atoms with E-state index in [0.717, 1.165) is 15.4 Å². The lowest BCUT2D eigenvalue weighted by molar-refractivity contribution is 0.404. The number of aromatic nitrogens is 1. The van der Waals surface area contributed by atoms with Crippen molar-refractivity contribution in [1.82, 2.24) is 10.3 Å². The second-order valence-corrected chi connectivity index (χ2v) is 4.84. The highest BCUT2D eigenvalue weighted by atomic mass is 32.1. The fourth-order valence-electron chi connectivity index (χ4n) is 1.42. The summed E-state index contributed by atoms with van der Waals surface area (Å²) in [4.78, 5) is 5.45. The van der Waals surface area contributed by atoms with Crippen LogP contribution in [0.25, 0.3) is 10.6 Å². The average Bonchev–Trinajstić information content (AvgIpc) is 2.81. The topological polar surface area (TPSA) is 65.4 Å². The van der Waals surface area contributed by atoms with Gasteiger partial charge in [0.15, 0.2) is 11.5 Å². The molecule has 1 aromatic heterocycles. The van der Waals surface area contributed by atoms with Crippen LogP contribution in [0.5, 0.6) is 11.5 Å². The molecule has 90 valence electrons. The average molecular weight is 250 g/mol. The molecule has 0 aliphatic carbocycles. The highest BCUT2D eigenvalue weighted by Crippen LogP contribution is 2.33. The van der Waals surface area contributed by atoms with Crippen molar-refractivity contribution in [1.29, 1.82) is 0 Å². The molecule has 0 amide bonds. The van der Waals surface area contributed by atoms with E-state index in [0.29, 0.717) is 0 Å². The Hall–Kier alpha value is -1.59. The van der Waals surface area contributed by atoms with Gasteiger partial charge in [0.1, 0.15) is 5.01 Å². The quantitative estimate of drug-likeness (QED) is 0.732. The van der Waals surface area contributed by atoms with Crippen LogP contribution in [0.4, 0.5) is 0 Å². The molecular weight excluding hydrogens is 236 g/mol. The van der Waals surface area contributed by atoms with Crippen LogP contribution in [-0.2, 0) is 0 Å². The van der Waals surface area contributed by atoms with Gasteiger partial charge in [-0.15, -0.1) is 11.3 Å². The lowest BCUT2D eigenvalue weighted by atomic mass is 10.2. The zero-order chi connectivity index (χ0) is 12.4. The highest BCUT2D eigenvalue weighted by Gasteiger charge is 2.10. The molecule has 2 rings (SSSR count). The third kappa shape index (κ3) is 2.40. The molecule has 0 bridgehead atoms. The van der Waals surface area contributed by atoms with Crippen LogP contribution >= 0.6 is 11.3 Å². The Bertz CT molecular complexity index is 525. The Morgan fingerprint density at radius 1 is 1.29 bits per heavy atom. The van der Waals surface area contributed by atoms with Gasteiger partial charge in [-0.1, -0.05) is 0 Å². The van der Waals surface area contributed by atoms with E-state index in [1.165, 1.54) is 12.1 Å². The van der Waals surface area contributed by atoms with Crippen molar-refractivity contribution in [2.75, 3.05) is 7.05 Å². The first-order valence-corrected chi connectivity index (χ1v) is 6.09. The first-order valence-electron chi connectivity index (χ1n) is 5.27. The standard InChI is InChI=1S/C12H14N2O2S/c1-7(13-2)11-6-14-12(17-11)8-3-4-9(15)10(16)5-8/h3-7,13,15-16H,1-2H3.